The van der Waals surface area contributed by atoms with E-state index in [9.17, 15) is 0 Å². The SMILES string of the molecule is CO[N+](C)(C)C. The number of rotatable bonds is 1. The average molecular weight is 90.1 g/mol. The van der Waals surface area contributed by atoms with Crippen LogP contribution in [0.15, 0.2) is 0 Å². The monoisotopic (exact) mass is 90.1 g/mol. The van der Waals surface area contributed by atoms with E-state index in [4.69, 9.17) is 4.84 Å². The van der Waals surface area contributed by atoms with E-state index in [0.29, 0.717) is 4.65 Å². The predicted molar refractivity (Wildman–Crippen MR) is 25.0 cm³/mol. The van der Waals surface area contributed by atoms with Gasteiger partial charge in [0.15, 0.2) is 0 Å². The van der Waals surface area contributed by atoms with Gasteiger partial charge in [0, 0.05) is 0 Å². The van der Waals surface area contributed by atoms with E-state index in [1.807, 2.05) is 21.1 Å². The molecule has 0 unspecified atom stereocenters. The zero-order valence-corrected chi connectivity index (χ0v) is 4.86. The van der Waals surface area contributed by atoms with Gasteiger partial charge in [0.2, 0.25) is 0 Å². The number of hydrogen-bond donors (Lipinski definition) is 0. The van der Waals surface area contributed by atoms with Crippen molar-refractivity contribution in [2.45, 2.75) is 0 Å². The minimum absolute atomic E-state index is 0.569. The third kappa shape index (κ3) is 3.92. The first kappa shape index (κ1) is 5.92. The van der Waals surface area contributed by atoms with E-state index < -0.39 is 0 Å². The number of nitrogens with zero attached hydrogens (tertiary/aromatic N) is 1. The van der Waals surface area contributed by atoms with Crippen molar-refractivity contribution in [1.29, 1.82) is 0 Å². The maximum Gasteiger partial charge on any atom is 0.0981 e. The molecule has 0 bridgehead atoms. The molecule has 0 rings (SSSR count). The van der Waals surface area contributed by atoms with Crippen LogP contribution in [-0.4, -0.2) is 32.9 Å². The van der Waals surface area contributed by atoms with E-state index >= 15 is 0 Å². The molecule has 38 valence electrons. The van der Waals surface area contributed by atoms with Gasteiger partial charge in [-0.2, -0.15) is 4.65 Å². The zero-order chi connectivity index (χ0) is 5.21. The Morgan fingerprint density at radius 3 is 1.33 bits per heavy atom. The van der Waals surface area contributed by atoms with Crippen molar-refractivity contribution < 1.29 is 9.48 Å². The second kappa shape index (κ2) is 1.58. The van der Waals surface area contributed by atoms with Gasteiger partial charge in [0.25, 0.3) is 0 Å². The average Bonchev–Trinajstić information content (AvgIpc) is 1.35. The molecule has 6 heavy (non-hydrogen) atoms. The van der Waals surface area contributed by atoms with Crippen LogP contribution in [0.2, 0.25) is 0 Å². The van der Waals surface area contributed by atoms with Gasteiger partial charge >= 0.3 is 0 Å². The van der Waals surface area contributed by atoms with Gasteiger partial charge < -0.3 is 0 Å². The van der Waals surface area contributed by atoms with Gasteiger partial charge in [-0.1, -0.05) is 0 Å². The van der Waals surface area contributed by atoms with Gasteiger partial charge in [0.1, 0.15) is 0 Å². The Kier molecular flexibility index (Phi) is 1.56. The Labute approximate surface area is 38.9 Å². The quantitative estimate of drug-likeness (QED) is 0.331. The first-order valence-electron chi connectivity index (χ1n) is 1.93. The second-order valence-electron chi connectivity index (χ2n) is 2.07. The summed E-state index contributed by atoms with van der Waals surface area (Å²) in [6.07, 6.45) is 0. The summed E-state index contributed by atoms with van der Waals surface area (Å²) in [5.41, 5.74) is 0. The molecule has 0 spiro atoms. The third-order valence-corrected chi connectivity index (χ3v) is 0.548. The van der Waals surface area contributed by atoms with Gasteiger partial charge in [-0.15, -0.1) is 0 Å². The Hall–Kier alpha value is -0.0800. The molecule has 0 heterocycles. The molecule has 0 saturated heterocycles. The second-order valence-corrected chi connectivity index (χ2v) is 2.07. The van der Waals surface area contributed by atoms with Crippen LogP contribution in [0.1, 0.15) is 0 Å². The molecule has 2 heteroatoms. The van der Waals surface area contributed by atoms with Gasteiger partial charge in [0.05, 0.1) is 28.3 Å². The summed E-state index contributed by atoms with van der Waals surface area (Å²) in [5.74, 6) is 0. The van der Waals surface area contributed by atoms with Crippen LogP contribution in [0, 0.1) is 0 Å². The molecule has 0 N–H and O–H groups in total. The van der Waals surface area contributed by atoms with Gasteiger partial charge in [-0.05, 0) is 0 Å². The molecular formula is C4H12NO+. The lowest BCUT2D eigenvalue weighted by Gasteiger charge is -2.17. The molecule has 0 aliphatic rings. The topological polar surface area (TPSA) is 9.23 Å². The lowest BCUT2D eigenvalue weighted by Crippen LogP contribution is -2.32. The van der Waals surface area contributed by atoms with Crippen LogP contribution in [0.5, 0.6) is 0 Å². The van der Waals surface area contributed by atoms with Crippen molar-refractivity contribution in [3.05, 3.63) is 0 Å². The van der Waals surface area contributed by atoms with Gasteiger partial charge in [-0.3, -0.25) is 0 Å². The minimum Gasteiger partial charge on any atom is -0.207 e. The van der Waals surface area contributed by atoms with Crippen LogP contribution >= 0.6 is 0 Å². The Balaban J connectivity index is 3.17. The molecule has 2 nitrogen and oxygen atoms in total. The van der Waals surface area contributed by atoms with Crippen LogP contribution in [-0.2, 0) is 4.84 Å². The molecular weight excluding hydrogens is 78.0 g/mol. The molecule has 0 fully saturated rings. The summed E-state index contributed by atoms with van der Waals surface area (Å²) in [4.78, 5) is 4.88. The molecule has 0 aromatic rings. The largest absolute Gasteiger partial charge is 0.207 e. The van der Waals surface area contributed by atoms with E-state index in [0.717, 1.165) is 0 Å². The molecule has 0 saturated carbocycles. The summed E-state index contributed by atoms with van der Waals surface area (Å²) in [5, 5.41) is 0. The third-order valence-electron chi connectivity index (χ3n) is 0.548. The maximum atomic E-state index is 4.88. The summed E-state index contributed by atoms with van der Waals surface area (Å²) in [7, 11) is 7.56. The van der Waals surface area contributed by atoms with E-state index in [1.165, 1.54) is 0 Å². The number of quaternary nitrogens is 1. The molecule has 0 aromatic carbocycles. The Morgan fingerprint density at radius 2 is 1.33 bits per heavy atom. The van der Waals surface area contributed by atoms with Crippen LogP contribution in [0.25, 0.3) is 0 Å². The molecule has 0 aliphatic carbocycles. The Bertz CT molecular complexity index is 37.3. The maximum absolute atomic E-state index is 4.88. The summed E-state index contributed by atoms with van der Waals surface area (Å²) >= 11 is 0. The highest BCUT2D eigenvalue weighted by Gasteiger charge is 2.00. The summed E-state index contributed by atoms with van der Waals surface area (Å²) < 4.78 is 0.569. The predicted octanol–water partition coefficient (Wildman–Crippen LogP) is 0.254. The van der Waals surface area contributed by atoms with Crippen molar-refractivity contribution in [3.8, 4) is 0 Å². The van der Waals surface area contributed by atoms with E-state index in [2.05, 4.69) is 0 Å². The first-order chi connectivity index (χ1) is 2.56. The first-order valence-corrected chi connectivity index (χ1v) is 1.93. The van der Waals surface area contributed by atoms with E-state index in [1.54, 1.807) is 7.11 Å². The highest BCUT2D eigenvalue weighted by atomic mass is 16.7. The standard InChI is InChI=1S/C4H12NO/c1-5(2,3)6-4/h1-4H3/q+1. The fraction of sp³-hybridized carbons (Fsp3) is 1.00. The lowest BCUT2D eigenvalue weighted by atomic mass is 10.9. The van der Waals surface area contributed by atoms with Crippen molar-refractivity contribution in [2.75, 3.05) is 28.3 Å². The normalized spacial score (nSPS) is 12.0. The van der Waals surface area contributed by atoms with Crippen LogP contribution in [0.3, 0.4) is 0 Å². The van der Waals surface area contributed by atoms with E-state index in [-0.39, 0.29) is 0 Å². The molecule has 0 aromatic heterocycles. The lowest BCUT2D eigenvalue weighted by molar-refractivity contribution is -1.06. The number of hydrogen-bond acceptors (Lipinski definition) is 1. The van der Waals surface area contributed by atoms with Crippen molar-refractivity contribution in [1.82, 2.24) is 0 Å². The number of hydroxylamine groups is 3. The summed E-state index contributed by atoms with van der Waals surface area (Å²) in [6, 6.07) is 0. The highest BCUT2D eigenvalue weighted by molar-refractivity contribution is 3.78. The Morgan fingerprint density at radius 1 is 1.17 bits per heavy atom. The fourth-order valence-electron chi connectivity index (χ4n) is 0. The summed E-state index contributed by atoms with van der Waals surface area (Å²) in [6.45, 7) is 0. The van der Waals surface area contributed by atoms with Crippen molar-refractivity contribution >= 4 is 0 Å². The smallest absolute Gasteiger partial charge is 0.0981 e. The van der Waals surface area contributed by atoms with Gasteiger partial charge in [-0.25, -0.2) is 4.84 Å². The molecule has 0 aliphatic heterocycles. The molecule has 0 atom stereocenters. The minimum atomic E-state index is 0.569. The molecule has 0 radical (unpaired) electrons. The highest BCUT2D eigenvalue weighted by Crippen LogP contribution is 1.84. The van der Waals surface area contributed by atoms with Crippen molar-refractivity contribution in [2.24, 2.45) is 0 Å². The van der Waals surface area contributed by atoms with Crippen LogP contribution in [0.4, 0.5) is 0 Å². The zero-order valence-electron chi connectivity index (χ0n) is 4.86. The van der Waals surface area contributed by atoms with Crippen LogP contribution < -0.4 is 0 Å². The fourth-order valence-corrected chi connectivity index (χ4v) is 0. The molecule has 0 amide bonds. The van der Waals surface area contributed by atoms with Crippen molar-refractivity contribution in [3.63, 3.8) is 0 Å².